The summed E-state index contributed by atoms with van der Waals surface area (Å²) in [6, 6.07) is -1.40. The fourth-order valence-electron chi connectivity index (χ4n) is 12.1. The number of guanidine groups is 2. The van der Waals surface area contributed by atoms with Gasteiger partial charge in [0.2, 0.25) is 12.1 Å². The minimum absolute atomic E-state index is 0.0293. The Morgan fingerprint density at radius 3 is 2.70 bits per heavy atom. The number of nitrogens with two attached hydrogens (primary N) is 2. The molecule has 9 bridgehead atoms. The quantitative estimate of drug-likeness (QED) is 0.0158. The van der Waals surface area contributed by atoms with E-state index in [1.165, 1.54) is 17.1 Å². The second kappa shape index (κ2) is 24.1. The fraction of sp³-hybridized carbons (Fsp3) is 0.680. The standard InChI is InChI=1S/C50H69N7O15S4/c1-25(2)69-40-44(71-36(22-61)39(62)50(40,66)67)72-45-48-9-3-14-73-76-49(17-30-16-29(8-10-48)54-47(52)55-30)11-7-26-15-28-18-57(19-31(42(63)64)38(28)56-46(51)53-12-4-13-58)34(21-60)41(49)75-74-24-33-27(20-59)5-6-35(33)70-43(65)32(23-68-45)37(26)48/h3,9,15,19,23,25,27,29-30,33-37,39-41,44-45,58-62,66-67H,4-6,8,10,12-14,16-18,20-22,24H2,1-2H3,(H,63,64)(H3,51,53,56)(H3,52,54,55)/p+1. The van der Waals surface area contributed by atoms with Gasteiger partial charge in [-0.25, -0.2) is 9.59 Å². The number of allylic oxidation sites excluding steroid dienone is 1. The number of hydrogen-bond acceptors (Lipinski definition) is 22. The average molecular weight is 1140 g/mol. The van der Waals surface area contributed by atoms with Crippen LogP contribution in [0, 0.1) is 35.0 Å². The molecule has 76 heavy (non-hydrogen) atoms. The summed E-state index contributed by atoms with van der Waals surface area (Å²) in [5, 5.41) is 94.1. The summed E-state index contributed by atoms with van der Waals surface area (Å²) in [5.41, 5.74) is 12.2. The van der Waals surface area contributed by atoms with Crippen LogP contribution < -0.4 is 27.0 Å². The second-order valence-corrected chi connectivity index (χ2v) is 26.2. The predicted molar refractivity (Wildman–Crippen MR) is 285 cm³/mol. The molecule has 0 aromatic rings. The van der Waals surface area contributed by atoms with Gasteiger partial charge in [-0.15, -0.1) is 0 Å². The van der Waals surface area contributed by atoms with E-state index < -0.39 is 101 Å². The number of aliphatic hydroxyl groups excluding tert-OH is 5. The molecule has 0 spiro atoms. The summed E-state index contributed by atoms with van der Waals surface area (Å²) in [6.07, 6.45) is 1.19. The van der Waals surface area contributed by atoms with Gasteiger partial charge in [0.15, 0.2) is 24.3 Å². The van der Waals surface area contributed by atoms with Gasteiger partial charge in [-0.05, 0) is 70.8 Å². The molecule has 2 fully saturated rings. The van der Waals surface area contributed by atoms with Crippen LogP contribution in [0.1, 0.15) is 58.8 Å². The Hall–Kier alpha value is -3.50. The van der Waals surface area contributed by atoms with Crippen LogP contribution in [0.3, 0.4) is 0 Å². The van der Waals surface area contributed by atoms with E-state index >= 15 is 4.79 Å². The lowest BCUT2D eigenvalue weighted by Gasteiger charge is -2.51. The Bertz CT molecular complexity index is 2480. The van der Waals surface area contributed by atoms with E-state index in [0.29, 0.717) is 66.1 Å². The third-order valence-electron chi connectivity index (χ3n) is 15.7. The Kier molecular flexibility index (Phi) is 18.1. The number of quaternary nitrogens is 1. The number of aliphatic hydroxyl groups is 7. The summed E-state index contributed by atoms with van der Waals surface area (Å²) in [7, 11) is 6.17. The number of ether oxygens (including phenoxy) is 5. The van der Waals surface area contributed by atoms with Gasteiger partial charge in [0.05, 0.1) is 53.6 Å². The molecule has 9 aliphatic rings. The molecule has 1 saturated carbocycles. The normalized spacial score (nSPS) is 39.2. The highest BCUT2D eigenvalue weighted by atomic mass is 33.1. The number of esters is 1. The van der Waals surface area contributed by atoms with Gasteiger partial charge in [0.25, 0.3) is 0 Å². The Morgan fingerprint density at radius 1 is 1.14 bits per heavy atom. The lowest BCUT2D eigenvalue weighted by atomic mass is 9.63. The first-order valence-electron chi connectivity index (χ1n) is 25.8. The molecule has 16 unspecified atom stereocenters. The van der Waals surface area contributed by atoms with Crippen LogP contribution in [0.4, 0.5) is 0 Å². The molecule has 26 heteroatoms. The molecule has 0 radical (unpaired) electrons. The van der Waals surface area contributed by atoms with Gasteiger partial charge < -0.3 is 86.6 Å². The van der Waals surface area contributed by atoms with Crippen LogP contribution in [0.5, 0.6) is 0 Å². The van der Waals surface area contributed by atoms with Crippen molar-refractivity contribution in [3.63, 3.8) is 0 Å². The molecule has 1 saturated heterocycles. The maximum Gasteiger partial charge on any atom is 0.343 e. The van der Waals surface area contributed by atoms with Crippen molar-refractivity contribution in [3.8, 4) is 11.8 Å². The van der Waals surface area contributed by atoms with Crippen LogP contribution in [-0.4, -0.2) is 193 Å². The highest BCUT2D eigenvalue weighted by Gasteiger charge is 2.61. The van der Waals surface area contributed by atoms with Crippen molar-refractivity contribution in [2.45, 2.75) is 136 Å². The number of aliphatic imine (C=N–C) groups is 2. The number of fused-ring (bicyclic) bond motifs is 5. The van der Waals surface area contributed by atoms with Gasteiger partial charge in [-0.1, -0.05) is 67.2 Å². The number of rotatable bonds is 12. The third kappa shape index (κ3) is 11.4. The van der Waals surface area contributed by atoms with Crippen molar-refractivity contribution in [1.29, 1.82) is 0 Å². The van der Waals surface area contributed by atoms with Crippen LogP contribution in [0.2, 0.25) is 0 Å². The van der Waals surface area contributed by atoms with Crippen molar-refractivity contribution in [2.75, 3.05) is 51.0 Å². The van der Waals surface area contributed by atoms with Gasteiger partial charge in [-0.2, -0.15) is 0 Å². The maximum atomic E-state index is 15.5. The van der Waals surface area contributed by atoms with Crippen LogP contribution in [0.15, 0.2) is 68.7 Å². The monoisotopic (exact) mass is 1140 g/mol. The molecule has 7 aliphatic heterocycles. The molecule has 0 aromatic carbocycles. The largest absolute Gasteiger partial charge is 0.477 e. The Morgan fingerprint density at radius 2 is 1.96 bits per heavy atom. The van der Waals surface area contributed by atoms with Crippen molar-refractivity contribution in [1.82, 2.24) is 10.6 Å². The molecule has 16 atom stereocenters. The summed E-state index contributed by atoms with van der Waals surface area (Å²) in [5.74, 6) is 1.62. The topological polar surface area (TPSA) is 347 Å². The van der Waals surface area contributed by atoms with Crippen LogP contribution >= 0.6 is 43.2 Å². The molecule has 0 amide bonds. The zero-order valence-corrected chi connectivity index (χ0v) is 45.5. The predicted octanol–water partition coefficient (Wildman–Crippen LogP) is -1.28. The molecule has 418 valence electrons. The molecular formula is C50H70N7O15S4+. The van der Waals surface area contributed by atoms with Crippen molar-refractivity contribution < 1.29 is 79.0 Å². The molecule has 2 aliphatic carbocycles. The molecule has 22 nitrogen and oxygen atoms in total. The smallest absolute Gasteiger partial charge is 0.343 e. The summed E-state index contributed by atoms with van der Waals surface area (Å²) >= 11 is 0. The number of carbonyl (C=O) groups is 2. The van der Waals surface area contributed by atoms with Gasteiger partial charge in [0, 0.05) is 60.3 Å². The van der Waals surface area contributed by atoms with E-state index in [4.69, 9.17) is 40.1 Å². The first-order chi connectivity index (χ1) is 36.4. The molecule has 9 rings (SSSR count). The van der Waals surface area contributed by atoms with Gasteiger partial charge >= 0.3 is 11.9 Å². The minimum atomic E-state index is -3.02. The van der Waals surface area contributed by atoms with Crippen molar-refractivity contribution >= 4 is 67.0 Å². The molecule has 15 N–H and O–H groups in total. The minimum Gasteiger partial charge on any atom is -0.477 e. The summed E-state index contributed by atoms with van der Waals surface area (Å²) < 4.78 is 31.4. The van der Waals surface area contributed by atoms with E-state index in [1.54, 1.807) is 58.5 Å². The summed E-state index contributed by atoms with van der Waals surface area (Å²) in [4.78, 5) is 39.1. The van der Waals surface area contributed by atoms with E-state index in [9.17, 15) is 45.6 Å². The zero-order chi connectivity index (χ0) is 54.1. The highest BCUT2D eigenvalue weighted by molar-refractivity contribution is 8.79. The number of carboxylic acid groups (broad SMARTS) is 1. The number of nitrogens with zero attached hydrogens (tertiary/aromatic N) is 2. The van der Waals surface area contributed by atoms with Crippen LogP contribution in [0.25, 0.3) is 0 Å². The number of carboxylic acids is 1. The lowest BCUT2D eigenvalue weighted by Crippen LogP contribution is -3.14. The van der Waals surface area contributed by atoms with E-state index in [2.05, 4.69) is 27.5 Å². The Labute approximate surface area is 456 Å². The second-order valence-electron chi connectivity index (χ2n) is 21.0. The zero-order valence-electron chi connectivity index (χ0n) is 42.2. The third-order valence-corrected chi connectivity index (χ3v) is 21.8. The maximum absolute atomic E-state index is 15.5. The highest BCUT2D eigenvalue weighted by Crippen LogP contribution is 2.56. The van der Waals surface area contributed by atoms with E-state index in [-0.39, 0.29) is 86.0 Å². The average Bonchev–Trinajstić information content (AvgIpc) is 3.80. The van der Waals surface area contributed by atoms with Gasteiger partial charge in [0.1, 0.15) is 47.4 Å². The number of aliphatic carboxylic acids is 1. The van der Waals surface area contributed by atoms with Gasteiger partial charge in [-0.3, -0.25) is 14.9 Å². The SMILES string of the molecule is CC(C)OC1C(OC2OC=C3C(=O)OC4CCC(CO)C4CSSC4C(CO)[NH+]5C=C(C(=O)O)C(NC(N)=NCCCO)=C(C=C6C#CC47CC4CC(CCC2(C=CCSS7)C63)N=C(N)N4)C5)OC(CO)C(O)C1(O)O. The molecular weight excluding hydrogens is 1070 g/mol. The number of hydrogen-bond donors (Lipinski definition) is 13. The number of carbonyl (C=O) groups excluding carboxylic acids is 1. The molecule has 7 heterocycles. The Balaban J connectivity index is 1.37. The van der Waals surface area contributed by atoms with Crippen LogP contribution in [-0.2, 0) is 33.3 Å². The summed E-state index contributed by atoms with van der Waals surface area (Å²) in [6.45, 7) is 2.00. The molecule has 0 aromatic heterocycles. The van der Waals surface area contributed by atoms with E-state index in [1.807, 2.05) is 12.2 Å². The first-order valence-corrected chi connectivity index (χ1v) is 30.5. The lowest BCUT2D eigenvalue weighted by molar-refractivity contribution is -0.870. The van der Waals surface area contributed by atoms with Crippen molar-refractivity contribution in [3.05, 3.63) is 58.7 Å². The number of nitrogens with one attached hydrogen (secondary N) is 3. The van der Waals surface area contributed by atoms with E-state index in [0.717, 1.165) is 0 Å². The fourth-order valence-corrected chi connectivity index (χ4v) is 19.1. The first kappa shape index (κ1) is 57.2. The van der Waals surface area contributed by atoms with Crippen molar-refractivity contribution in [2.24, 2.45) is 44.6 Å².